The third-order valence-corrected chi connectivity index (χ3v) is 2.06. The van der Waals surface area contributed by atoms with Gasteiger partial charge in [0.15, 0.2) is 0 Å². The highest BCUT2D eigenvalue weighted by Crippen LogP contribution is 2.01. The zero-order valence-corrected chi connectivity index (χ0v) is 11.7. The number of hydrogen-bond donors (Lipinski definition) is 0. The van der Waals surface area contributed by atoms with Crippen molar-refractivity contribution in [3.63, 3.8) is 0 Å². The lowest BCUT2D eigenvalue weighted by Crippen LogP contribution is -2.13. The molecule has 0 saturated heterocycles. The van der Waals surface area contributed by atoms with E-state index in [1.807, 2.05) is 34.6 Å². The minimum Gasteiger partial charge on any atom is -0.466 e. The first-order chi connectivity index (χ1) is 8.03. The van der Waals surface area contributed by atoms with E-state index in [4.69, 9.17) is 4.74 Å². The number of hydrogen-bond acceptors (Lipinski definition) is 4. The maximum Gasteiger partial charge on any atom is 0.308 e. The maximum absolute atomic E-state index is 10.8. The highest BCUT2D eigenvalue weighted by atomic mass is 16.5. The van der Waals surface area contributed by atoms with Crippen LogP contribution in [0, 0.1) is 5.92 Å². The second-order valence-electron chi connectivity index (χ2n) is 3.62. The van der Waals surface area contributed by atoms with Gasteiger partial charge < -0.3 is 9.47 Å². The maximum atomic E-state index is 10.8. The first-order valence-corrected chi connectivity index (χ1v) is 6.35. The topological polar surface area (TPSA) is 52.6 Å². The monoisotopic (exact) mass is 246 g/mol. The van der Waals surface area contributed by atoms with Gasteiger partial charge in [-0.2, -0.15) is 0 Å². The molecule has 0 aromatic heterocycles. The van der Waals surface area contributed by atoms with Crippen LogP contribution < -0.4 is 0 Å². The van der Waals surface area contributed by atoms with Crippen molar-refractivity contribution in [3.8, 4) is 0 Å². The van der Waals surface area contributed by atoms with Gasteiger partial charge in [0.05, 0.1) is 19.1 Å². The SMILES string of the molecule is CCCC(=O)OCC.CCOC(=O)C(C)CC. The molecule has 0 aromatic rings. The van der Waals surface area contributed by atoms with Gasteiger partial charge in [0, 0.05) is 6.42 Å². The molecule has 0 bridgehead atoms. The number of ether oxygens (including phenoxy) is 2. The van der Waals surface area contributed by atoms with Crippen LogP contribution in [-0.4, -0.2) is 25.2 Å². The van der Waals surface area contributed by atoms with Gasteiger partial charge >= 0.3 is 11.9 Å². The van der Waals surface area contributed by atoms with Crippen LogP contribution in [0.15, 0.2) is 0 Å². The van der Waals surface area contributed by atoms with Crippen LogP contribution in [0.3, 0.4) is 0 Å². The number of carbonyl (C=O) groups is 2. The van der Waals surface area contributed by atoms with E-state index < -0.39 is 0 Å². The molecule has 0 aromatic carbocycles. The van der Waals surface area contributed by atoms with E-state index in [0.29, 0.717) is 19.6 Å². The molecule has 1 unspecified atom stereocenters. The average molecular weight is 246 g/mol. The van der Waals surface area contributed by atoms with E-state index in [0.717, 1.165) is 12.8 Å². The highest BCUT2D eigenvalue weighted by molar-refractivity contribution is 5.71. The van der Waals surface area contributed by atoms with Crippen LogP contribution in [0.5, 0.6) is 0 Å². The van der Waals surface area contributed by atoms with Gasteiger partial charge in [-0.1, -0.05) is 20.8 Å². The summed E-state index contributed by atoms with van der Waals surface area (Å²) in [5.41, 5.74) is 0. The summed E-state index contributed by atoms with van der Waals surface area (Å²) in [7, 11) is 0. The minimum absolute atomic E-state index is 0.0601. The first-order valence-electron chi connectivity index (χ1n) is 6.35. The van der Waals surface area contributed by atoms with E-state index in [-0.39, 0.29) is 17.9 Å². The Kier molecular flexibility index (Phi) is 14.0. The van der Waals surface area contributed by atoms with Gasteiger partial charge in [0.2, 0.25) is 0 Å². The Balaban J connectivity index is 0. The number of esters is 2. The fraction of sp³-hybridized carbons (Fsp3) is 0.846. The second-order valence-corrected chi connectivity index (χ2v) is 3.62. The lowest BCUT2D eigenvalue weighted by Gasteiger charge is -2.05. The zero-order valence-electron chi connectivity index (χ0n) is 11.7. The predicted molar refractivity (Wildman–Crippen MR) is 67.6 cm³/mol. The Morgan fingerprint density at radius 3 is 1.88 bits per heavy atom. The van der Waals surface area contributed by atoms with E-state index in [9.17, 15) is 9.59 Å². The van der Waals surface area contributed by atoms with Crippen molar-refractivity contribution < 1.29 is 19.1 Å². The van der Waals surface area contributed by atoms with Crippen molar-refractivity contribution in [2.24, 2.45) is 5.92 Å². The van der Waals surface area contributed by atoms with Crippen molar-refractivity contribution in [3.05, 3.63) is 0 Å². The molecule has 0 amide bonds. The summed E-state index contributed by atoms with van der Waals surface area (Å²) < 4.78 is 9.40. The fourth-order valence-electron chi connectivity index (χ4n) is 0.888. The standard InChI is InChI=1S/C7H14O2.C6H12O2/c1-4-6(3)7(8)9-5-2;1-3-5-6(7)8-4-2/h6H,4-5H2,1-3H3;3-5H2,1-2H3. The van der Waals surface area contributed by atoms with Crippen LogP contribution in [0.4, 0.5) is 0 Å². The molecule has 0 fully saturated rings. The van der Waals surface area contributed by atoms with Crippen molar-refractivity contribution in [2.45, 2.75) is 53.9 Å². The molecular formula is C13H26O4. The van der Waals surface area contributed by atoms with Crippen molar-refractivity contribution in [2.75, 3.05) is 13.2 Å². The molecule has 0 saturated carbocycles. The molecule has 0 aliphatic carbocycles. The average Bonchev–Trinajstić information content (AvgIpc) is 2.30. The Hall–Kier alpha value is -1.06. The Morgan fingerprint density at radius 1 is 1.00 bits per heavy atom. The third kappa shape index (κ3) is 12.9. The van der Waals surface area contributed by atoms with Crippen LogP contribution in [0.2, 0.25) is 0 Å². The normalized spacial score (nSPS) is 10.9. The molecule has 0 aliphatic heterocycles. The van der Waals surface area contributed by atoms with Crippen molar-refractivity contribution in [1.29, 1.82) is 0 Å². The molecule has 0 heterocycles. The fourth-order valence-corrected chi connectivity index (χ4v) is 0.888. The quantitative estimate of drug-likeness (QED) is 0.676. The molecule has 1 atom stereocenters. The zero-order chi connectivity index (χ0) is 13.7. The van der Waals surface area contributed by atoms with Gasteiger partial charge in [-0.3, -0.25) is 9.59 Å². The Bertz CT molecular complexity index is 194. The van der Waals surface area contributed by atoms with Crippen LogP contribution in [0.25, 0.3) is 0 Å². The van der Waals surface area contributed by atoms with E-state index >= 15 is 0 Å². The Morgan fingerprint density at radius 2 is 1.53 bits per heavy atom. The van der Waals surface area contributed by atoms with Crippen LogP contribution in [0.1, 0.15) is 53.9 Å². The van der Waals surface area contributed by atoms with Crippen LogP contribution >= 0.6 is 0 Å². The first kappa shape index (κ1) is 18.3. The van der Waals surface area contributed by atoms with Gasteiger partial charge in [-0.25, -0.2) is 0 Å². The van der Waals surface area contributed by atoms with Crippen molar-refractivity contribution >= 4 is 11.9 Å². The highest BCUT2D eigenvalue weighted by Gasteiger charge is 2.09. The molecule has 0 rings (SSSR count). The smallest absolute Gasteiger partial charge is 0.308 e. The molecule has 0 N–H and O–H groups in total. The summed E-state index contributed by atoms with van der Waals surface area (Å²) >= 11 is 0. The van der Waals surface area contributed by atoms with Gasteiger partial charge in [0.1, 0.15) is 0 Å². The molecule has 17 heavy (non-hydrogen) atoms. The Labute approximate surface area is 105 Å². The lowest BCUT2D eigenvalue weighted by atomic mass is 10.1. The third-order valence-electron chi connectivity index (χ3n) is 2.06. The minimum atomic E-state index is -0.0880. The molecule has 4 heteroatoms. The summed E-state index contributed by atoms with van der Waals surface area (Å²) in [5, 5.41) is 0. The van der Waals surface area contributed by atoms with Gasteiger partial charge in [-0.05, 0) is 26.7 Å². The largest absolute Gasteiger partial charge is 0.466 e. The lowest BCUT2D eigenvalue weighted by molar-refractivity contribution is -0.147. The van der Waals surface area contributed by atoms with Crippen molar-refractivity contribution in [1.82, 2.24) is 0 Å². The number of rotatable bonds is 6. The predicted octanol–water partition coefficient (Wildman–Crippen LogP) is 2.95. The molecular weight excluding hydrogens is 220 g/mol. The van der Waals surface area contributed by atoms with Crippen LogP contribution in [-0.2, 0) is 19.1 Å². The van der Waals surface area contributed by atoms with Gasteiger partial charge in [-0.15, -0.1) is 0 Å². The molecule has 0 radical (unpaired) electrons. The summed E-state index contributed by atoms with van der Waals surface area (Å²) in [5.74, 6) is -0.111. The molecule has 0 aliphatic rings. The summed E-state index contributed by atoms with van der Waals surface area (Å²) in [6.45, 7) is 10.4. The second kappa shape index (κ2) is 13.0. The molecule has 102 valence electrons. The van der Waals surface area contributed by atoms with E-state index in [1.54, 1.807) is 0 Å². The summed E-state index contributed by atoms with van der Waals surface area (Å²) in [6.07, 6.45) is 2.28. The van der Waals surface area contributed by atoms with Gasteiger partial charge in [0.25, 0.3) is 0 Å². The van der Waals surface area contributed by atoms with E-state index in [1.165, 1.54) is 0 Å². The molecule has 0 spiro atoms. The summed E-state index contributed by atoms with van der Waals surface area (Å²) in [4.78, 5) is 21.2. The van der Waals surface area contributed by atoms with E-state index in [2.05, 4.69) is 4.74 Å². The molecule has 4 nitrogen and oxygen atoms in total. The number of carbonyl (C=O) groups excluding carboxylic acids is 2. The summed E-state index contributed by atoms with van der Waals surface area (Å²) in [6, 6.07) is 0.